The Morgan fingerprint density at radius 2 is 1.92 bits per heavy atom. The van der Waals surface area contributed by atoms with Crippen LogP contribution in [0, 0.1) is 0 Å². The van der Waals surface area contributed by atoms with Gasteiger partial charge in [-0.15, -0.1) is 12.4 Å². The van der Waals surface area contributed by atoms with Crippen LogP contribution in [0.25, 0.3) is 0 Å². The lowest BCUT2D eigenvalue weighted by molar-refractivity contribution is -0.132. The molecule has 24 heavy (non-hydrogen) atoms. The van der Waals surface area contributed by atoms with Crippen molar-refractivity contribution in [2.45, 2.75) is 37.6 Å². The summed E-state index contributed by atoms with van der Waals surface area (Å²) in [6.45, 7) is 1.39. The summed E-state index contributed by atoms with van der Waals surface area (Å²) in [7, 11) is -3.09. The Hall–Kier alpha value is -1.11. The van der Waals surface area contributed by atoms with Crippen LogP contribution in [0.3, 0.4) is 0 Å². The van der Waals surface area contributed by atoms with Crippen LogP contribution in [0.1, 0.15) is 37.2 Å². The summed E-state index contributed by atoms with van der Waals surface area (Å²) in [6.07, 6.45) is 4.29. The molecule has 2 rings (SSSR count). The second-order valence-electron chi connectivity index (χ2n) is 6.39. The lowest BCUT2D eigenvalue weighted by Crippen LogP contribution is -2.45. The SMILES string of the molecule is CS(=O)(=O)CCC(N)C(=O)N1CCCC(c2ccccc2)CC1.Cl. The van der Waals surface area contributed by atoms with Crippen LogP contribution in [0.2, 0.25) is 0 Å². The van der Waals surface area contributed by atoms with Crippen molar-refractivity contribution in [1.82, 2.24) is 4.90 Å². The molecule has 1 aromatic rings. The van der Waals surface area contributed by atoms with Gasteiger partial charge in [0.25, 0.3) is 0 Å². The minimum absolute atomic E-state index is 0. The molecule has 1 fully saturated rings. The first-order chi connectivity index (χ1) is 10.9. The third kappa shape index (κ3) is 6.42. The molecule has 136 valence electrons. The highest BCUT2D eigenvalue weighted by Gasteiger charge is 2.25. The zero-order valence-corrected chi connectivity index (χ0v) is 15.7. The van der Waals surface area contributed by atoms with Gasteiger partial charge in [0.2, 0.25) is 5.91 Å². The molecular formula is C17H27ClN2O3S. The molecule has 0 aliphatic carbocycles. The Labute approximate surface area is 150 Å². The fourth-order valence-corrected chi connectivity index (χ4v) is 3.76. The van der Waals surface area contributed by atoms with E-state index in [1.165, 1.54) is 11.8 Å². The molecule has 7 heteroatoms. The van der Waals surface area contributed by atoms with Gasteiger partial charge in [0.1, 0.15) is 9.84 Å². The van der Waals surface area contributed by atoms with Crippen LogP contribution >= 0.6 is 12.4 Å². The first kappa shape index (κ1) is 20.9. The number of nitrogens with zero attached hydrogens (tertiary/aromatic N) is 1. The number of sulfone groups is 1. The van der Waals surface area contributed by atoms with Gasteiger partial charge in [0.15, 0.2) is 0 Å². The van der Waals surface area contributed by atoms with Crippen molar-refractivity contribution >= 4 is 28.2 Å². The molecule has 2 atom stereocenters. The largest absolute Gasteiger partial charge is 0.341 e. The highest BCUT2D eigenvalue weighted by atomic mass is 35.5. The first-order valence-electron chi connectivity index (χ1n) is 8.14. The molecule has 5 nitrogen and oxygen atoms in total. The summed E-state index contributed by atoms with van der Waals surface area (Å²) >= 11 is 0. The predicted molar refractivity (Wildman–Crippen MR) is 99.2 cm³/mol. The molecular weight excluding hydrogens is 348 g/mol. The molecule has 0 bridgehead atoms. The Kier molecular flexibility index (Phi) is 8.19. The topological polar surface area (TPSA) is 80.5 Å². The molecule has 0 aromatic heterocycles. The van der Waals surface area contributed by atoms with Gasteiger partial charge < -0.3 is 10.6 Å². The highest BCUT2D eigenvalue weighted by molar-refractivity contribution is 7.90. The summed E-state index contributed by atoms with van der Waals surface area (Å²) in [5.41, 5.74) is 7.22. The van der Waals surface area contributed by atoms with E-state index in [1.54, 1.807) is 4.90 Å². The number of carbonyl (C=O) groups excluding carboxylic acids is 1. The van der Waals surface area contributed by atoms with E-state index < -0.39 is 15.9 Å². The van der Waals surface area contributed by atoms with Crippen molar-refractivity contribution < 1.29 is 13.2 Å². The normalized spacial score (nSPS) is 19.9. The number of hydrogen-bond donors (Lipinski definition) is 1. The van der Waals surface area contributed by atoms with E-state index in [1.807, 2.05) is 18.2 Å². The molecule has 0 radical (unpaired) electrons. The number of rotatable bonds is 5. The summed E-state index contributed by atoms with van der Waals surface area (Å²) in [4.78, 5) is 14.2. The zero-order valence-electron chi connectivity index (χ0n) is 14.1. The van der Waals surface area contributed by atoms with Crippen LogP contribution < -0.4 is 5.73 Å². The Balaban J connectivity index is 0.00000288. The molecule has 1 heterocycles. The van der Waals surface area contributed by atoms with E-state index in [4.69, 9.17) is 5.73 Å². The Morgan fingerprint density at radius 3 is 2.54 bits per heavy atom. The second-order valence-corrected chi connectivity index (χ2v) is 8.65. The lowest BCUT2D eigenvalue weighted by Gasteiger charge is -2.24. The maximum absolute atomic E-state index is 12.4. The molecule has 1 aliphatic heterocycles. The van der Waals surface area contributed by atoms with Crippen molar-refractivity contribution in [3.05, 3.63) is 35.9 Å². The smallest absolute Gasteiger partial charge is 0.239 e. The van der Waals surface area contributed by atoms with Gasteiger partial charge >= 0.3 is 0 Å². The van der Waals surface area contributed by atoms with Crippen molar-refractivity contribution in [2.75, 3.05) is 25.1 Å². The van der Waals surface area contributed by atoms with Gasteiger partial charge in [-0.25, -0.2) is 8.42 Å². The van der Waals surface area contributed by atoms with Crippen LogP contribution in [0.15, 0.2) is 30.3 Å². The van der Waals surface area contributed by atoms with Gasteiger partial charge in [-0.2, -0.15) is 0 Å². The molecule has 1 saturated heterocycles. The molecule has 1 aromatic carbocycles. The van der Waals surface area contributed by atoms with Crippen molar-refractivity contribution in [1.29, 1.82) is 0 Å². The average molecular weight is 375 g/mol. The number of hydrogen-bond acceptors (Lipinski definition) is 4. The zero-order chi connectivity index (χ0) is 16.9. The quantitative estimate of drug-likeness (QED) is 0.854. The highest BCUT2D eigenvalue weighted by Crippen LogP contribution is 2.28. The van der Waals surface area contributed by atoms with Crippen LogP contribution in [-0.2, 0) is 14.6 Å². The minimum atomic E-state index is -3.09. The summed E-state index contributed by atoms with van der Waals surface area (Å²) < 4.78 is 22.4. The van der Waals surface area contributed by atoms with Gasteiger partial charge in [-0.1, -0.05) is 30.3 Å². The van der Waals surface area contributed by atoms with E-state index in [9.17, 15) is 13.2 Å². The summed E-state index contributed by atoms with van der Waals surface area (Å²) in [5.74, 6) is 0.309. The van der Waals surface area contributed by atoms with Gasteiger partial charge in [0, 0.05) is 19.3 Å². The molecule has 1 amide bonds. The van der Waals surface area contributed by atoms with E-state index >= 15 is 0 Å². The molecule has 0 saturated carbocycles. The monoisotopic (exact) mass is 374 g/mol. The van der Waals surface area contributed by atoms with E-state index in [-0.39, 0.29) is 30.5 Å². The number of likely N-dealkylation sites (tertiary alicyclic amines) is 1. The Morgan fingerprint density at radius 1 is 1.25 bits per heavy atom. The predicted octanol–water partition coefficient (Wildman–Crippen LogP) is 1.97. The maximum atomic E-state index is 12.4. The van der Waals surface area contributed by atoms with Crippen molar-refractivity contribution in [3.63, 3.8) is 0 Å². The average Bonchev–Trinajstić information content (AvgIpc) is 2.78. The van der Waals surface area contributed by atoms with E-state index in [2.05, 4.69) is 12.1 Å². The van der Waals surface area contributed by atoms with E-state index in [0.29, 0.717) is 19.0 Å². The summed E-state index contributed by atoms with van der Waals surface area (Å²) in [6, 6.07) is 9.66. The van der Waals surface area contributed by atoms with Gasteiger partial charge in [0.05, 0.1) is 11.8 Å². The lowest BCUT2D eigenvalue weighted by atomic mass is 9.92. The van der Waals surface area contributed by atoms with Gasteiger partial charge in [-0.05, 0) is 37.2 Å². The third-order valence-electron chi connectivity index (χ3n) is 4.43. The molecule has 0 spiro atoms. The number of carbonyl (C=O) groups is 1. The number of benzene rings is 1. The minimum Gasteiger partial charge on any atom is -0.341 e. The second kappa shape index (κ2) is 9.39. The van der Waals surface area contributed by atoms with Gasteiger partial charge in [-0.3, -0.25) is 4.79 Å². The maximum Gasteiger partial charge on any atom is 0.239 e. The summed E-state index contributed by atoms with van der Waals surface area (Å²) in [5, 5.41) is 0. The van der Waals surface area contributed by atoms with Crippen LogP contribution in [0.5, 0.6) is 0 Å². The van der Waals surface area contributed by atoms with Crippen LogP contribution in [-0.4, -0.2) is 50.4 Å². The van der Waals surface area contributed by atoms with Crippen LogP contribution in [0.4, 0.5) is 0 Å². The third-order valence-corrected chi connectivity index (χ3v) is 5.40. The molecule has 1 aliphatic rings. The number of halogens is 1. The van der Waals surface area contributed by atoms with E-state index in [0.717, 1.165) is 19.3 Å². The molecule has 2 N–H and O–H groups in total. The number of nitrogens with two attached hydrogens (primary N) is 1. The Bertz CT molecular complexity index is 622. The fraction of sp³-hybridized carbons (Fsp3) is 0.588. The fourth-order valence-electron chi connectivity index (χ4n) is 3.07. The first-order valence-corrected chi connectivity index (χ1v) is 10.2. The standard InChI is InChI=1S/C17H26N2O3S.ClH/c1-23(21,22)13-10-16(18)17(20)19-11-5-8-15(9-12-19)14-6-3-2-4-7-14;/h2-4,6-7,15-16H,5,8-13,18H2,1H3;1H. The molecule has 2 unspecified atom stereocenters. The van der Waals surface area contributed by atoms with Crippen molar-refractivity contribution in [2.24, 2.45) is 5.73 Å². The van der Waals surface area contributed by atoms with Crippen molar-refractivity contribution in [3.8, 4) is 0 Å². The number of amides is 1.